The first-order valence-electron chi connectivity index (χ1n) is 3.02. The van der Waals surface area contributed by atoms with Crippen LogP contribution < -0.4 is 0 Å². The van der Waals surface area contributed by atoms with E-state index in [1.54, 1.807) is 6.92 Å². The second-order valence-electron chi connectivity index (χ2n) is 2.04. The van der Waals surface area contributed by atoms with Crippen molar-refractivity contribution in [2.45, 2.75) is 19.8 Å². The van der Waals surface area contributed by atoms with Gasteiger partial charge in [0.1, 0.15) is 0 Å². The zero-order valence-electron chi connectivity index (χ0n) is 5.70. The van der Waals surface area contributed by atoms with E-state index in [1.807, 2.05) is 0 Å². The molecule has 0 radical (unpaired) electrons. The van der Waals surface area contributed by atoms with Crippen LogP contribution in [0, 0.1) is 5.92 Å². The average Bonchev–Trinajstić information content (AvgIpc) is 1.81. The van der Waals surface area contributed by atoms with Gasteiger partial charge in [-0.05, 0) is 6.42 Å². The van der Waals surface area contributed by atoms with E-state index in [0.29, 0.717) is 6.42 Å². The maximum absolute atomic E-state index is 10.2. The van der Waals surface area contributed by atoms with E-state index in [1.165, 1.54) is 0 Å². The van der Waals surface area contributed by atoms with Crippen LogP contribution in [0.4, 0.5) is 0 Å². The summed E-state index contributed by atoms with van der Waals surface area (Å²) in [6, 6.07) is 0. The van der Waals surface area contributed by atoms with E-state index in [2.05, 4.69) is 0 Å². The van der Waals surface area contributed by atoms with Gasteiger partial charge < -0.3 is 10.2 Å². The molecule has 0 saturated heterocycles. The average molecular weight is 154 g/mol. The van der Waals surface area contributed by atoms with Gasteiger partial charge in [0, 0.05) is 0 Å². The Morgan fingerprint density at radius 2 is 1.82 bits per heavy atom. The molecule has 11 heavy (non-hydrogen) atoms. The predicted molar refractivity (Wildman–Crippen MR) is 40.8 cm³/mol. The summed E-state index contributed by atoms with van der Waals surface area (Å²) in [5, 5.41) is 16.6. The third kappa shape index (κ3) is 5.96. The van der Waals surface area contributed by atoms with Gasteiger partial charge in [0.05, 0.1) is 12.3 Å². The molecule has 0 heterocycles. The van der Waals surface area contributed by atoms with Gasteiger partial charge in [0.25, 0.3) is 0 Å². The summed E-state index contributed by atoms with van der Waals surface area (Å²) in [6.07, 6.45) is 0.0769. The Balaban J connectivity index is 0. The molecule has 0 fully saturated rings. The maximum atomic E-state index is 10.2. The molecule has 0 spiro atoms. The topological polar surface area (TPSA) is 74.6 Å². The van der Waals surface area contributed by atoms with Gasteiger partial charge in [0.15, 0.2) is 0 Å². The minimum atomic E-state index is -1.06. The number of carbonyl (C=O) groups is 2. The molecule has 1 atom stereocenters. The molecule has 0 rings (SSSR count). The number of carboxylic acid groups (broad SMARTS) is 2. The van der Waals surface area contributed by atoms with Crippen LogP contribution in [0.15, 0.2) is 0 Å². The molecule has 0 aromatic rings. The Hall–Kier alpha value is -0.463. The summed E-state index contributed by atoms with van der Waals surface area (Å²) in [5.74, 6) is -2.84. The van der Waals surface area contributed by atoms with Crippen LogP contribution in [-0.2, 0) is 9.59 Å². The zero-order chi connectivity index (χ0) is 8.15. The van der Waals surface area contributed by atoms with Crippen LogP contribution in [0.2, 0.25) is 0 Å². The van der Waals surface area contributed by atoms with Gasteiger partial charge in [-0.25, -0.2) is 0 Å². The Kier molecular flexibility index (Phi) is 7.48. The number of rotatable bonds is 4. The van der Waals surface area contributed by atoms with E-state index in [4.69, 9.17) is 10.2 Å². The predicted octanol–water partition coefficient (Wildman–Crippen LogP) is -0.0766. The summed E-state index contributed by atoms with van der Waals surface area (Å²) >= 11 is 0. The molecule has 60 valence electrons. The van der Waals surface area contributed by atoms with Crippen molar-refractivity contribution in [3.8, 4) is 0 Å². The summed E-state index contributed by atoms with van der Waals surface area (Å²) in [4.78, 5) is 20.2. The van der Waals surface area contributed by atoms with Crippen molar-refractivity contribution in [2.24, 2.45) is 5.92 Å². The first kappa shape index (κ1) is 13.2. The van der Waals surface area contributed by atoms with E-state index < -0.39 is 17.9 Å². The molecular weight excluding hydrogens is 143 g/mol. The first-order chi connectivity index (χ1) is 4.57. The van der Waals surface area contributed by atoms with Gasteiger partial charge in [-0.1, -0.05) is 6.92 Å². The molecule has 0 aliphatic carbocycles. The van der Waals surface area contributed by atoms with E-state index in [0.717, 1.165) is 0 Å². The molecule has 4 nitrogen and oxygen atoms in total. The Morgan fingerprint density at radius 3 is 1.91 bits per heavy atom. The molecule has 0 aliphatic rings. The summed E-state index contributed by atoms with van der Waals surface area (Å²) in [5.41, 5.74) is 0. The van der Waals surface area contributed by atoms with Crippen LogP contribution in [0.5, 0.6) is 0 Å². The normalized spacial score (nSPS) is 11.4. The number of carboxylic acids is 2. The molecule has 2 N–H and O–H groups in total. The summed E-state index contributed by atoms with van der Waals surface area (Å²) in [7, 11) is 0. The molecule has 0 aliphatic heterocycles. The molecule has 0 bridgehead atoms. The SMILES string of the molecule is CCC(CC(=O)O)C(=O)O.[LiH]. The van der Waals surface area contributed by atoms with Gasteiger partial charge in [-0.2, -0.15) is 0 Å². The Labute approximate surface area is 76.8 Å². The number of hydrogen-bond acceptors (Lipinski definition) is 2. The molecule has 0 saturated carbocycles. The molecule has 1 unspecified atom stereocenters. The van der Waals surface area contributed by atoms with E-state index in [9.17, 15) is 9.59 Å². The van der Waals surface area contributed by atoms with Crippen LogP contribution in [0.3, 0.4) is 0 Å². The van der Waals surface area contributed by atoms with E-state index in [-0.39, 0.29) is 25.3 Å². The molecule has 0 aromatic heterocycles. The Morgan fingerprint density at radius 1 is 1.36 bits per heavy atom. The Bertz CT molecular complexity index is 146. The summed E-state index contributed by atoms with van der Waals surface area (Å²) in [6.45, 7) is 1.65. The monoisotopic (exact) mass is 154 g/mol. The van der Waals surface area contributed by atoms with Gasteiger partial charge in [0.2, 0.25) is 0 Å². The van der Waals surface area contributed by atoms with Crippen molar-refractivity contribution in [1.82, 2.24) is 0 Å². The van der Waals surface area contributed by atoms with Crippen molar-refractivity contribution in [3.63, 3.8) is 0 Å². The van der Waals surface area contributed by atoms with Crippen molar-refractivity contribution < 1.29 is 19.8 Å². The van der Waals surface area contributed by atoms with Gasteiger partial charge in [-0.3, -0.25) is 9.59 Å². The van der Waals surface area contributed by atoms with Crippen molar-refractivity contribution in [1.29, 1.82) is 0 Å². The van der Waals surface area contributed by atoms with Crippen LogP contribution in [0.1, 0.15) is 19.8 Å². The van der Waals surface area contributed by atoms with Crippen molar-refractivity contribution in [3.05, 3.63) is 0 Å². The third-order valence-corrected chi connectivity index (χ3v) is 1.26. The fourth-order valence-electron chi connectivity index (χ4n) is 0.617. The van der Waals surface area contributed by atoms with E-state index >= 15 is 0 Å². The van der Waals surface area contributed by atoms with Crippen LogP contribution in [-0.4, -0.2) is 41.0 Å². The fourth-order valence-corrected chi connectivity index (χ4v) is 0.617. The second kappa shape index (κ2) is 6.26. The molecule has 5 heteroatoms. The van der Waals surface area contributed by atoms with Crippen LogP contribution >= 0.6 is 0 Å². The fraction of sp³-hybridized carbons (Fsp3) is 0.667. The van der Waals surface area contributed by atoms with Gasteiger partial charge >= 0.3 is 30.8 Å². The van der Waals surface area contributed by atoms with Crippen molar-refractivity contribution >= 4 is 30.8 Å². The standard InChI is InChI=1S/C6H10O4.Li.H/c1-2-4(6(9)10)3-5(7)8;;/h4H,2-3H2,1H3,(H,7,8)(H,9,10);;. The molecular formula is C6H11LiO4. The second-order valence-corrected chi connectivity index (χ2v) is 2.04. The third-order valence-electron chi connectivity index (χ3n) is 1.26. The first-order valence-corrected chi connectivity index (χ1v) is 3.02. The number of aliphatic carboxylic acids is 2. The number of hydrogen-bond donors (Lipinski definition) is 2. The van der Waals surface area contributed by atoms with Gasteiger partial charge in [-0.15, -0.1) is 0 Å². The molecule has 0 aromatic carbocycles. The molecule has 0 amide bonds. The van der Waals surface area contributed by atoms with Crippen LogP contribution in [0.25, 0.3) is 0 Å². The minimum absolute atomic E-state index is 0. The van der Waals surface area contributed by atoms with Crippen molar-refractivity contribution in [2.75, 3.05) is 0 Å². The summed E-state index contributed by atoms with van der Waals surface area (Å²) < 4.78 is 0. The quantitative estimate of drug-likeness (QED) is 0.555. The zero-order valence-corrected chi connectivity index (χ0v) is 5.70.